The van der Waals surface area contributed by atoms with E-state index in [0.717, 1.165) is 24.3 Å². The maximum Gasteiger partial charge on any atom is 0.161 e. The van der Waals surface area contributed by atoms with Crippen LogP contribution in [0, 0.1) is 5.92 Å². The maximum atomic E-state index is 5.65. The van der Waals surface area contributed by atoms with Gasteiger partial charge in [-0.05, 0) is 12.0 Å². The summed E-state index contributed by atoms with van der Waals surface area (Å²) in [6.45, 7) is 5.29. The highest BCUT2D eigenvalue weighted by Crippen LogP contribution is 2.16. The number of hydrogen-bond acceptors (Lipinski definition) is 4. The SMILES string of the molecule is CCC(C)CN(C)c1nnccc1C(N)=S. The van der Waals surface area contributed by atoms with Crippen molar-refractivity contribution in [2.75, 3.05) is 18.5 Å². The first-order valence-corrected chi connectivity index (χ1v) is 5.79. The number of rotatable bonds is 5. The third kappa shape index (κ3) is 3.13. The van der Waals surface area contributed by atoms with E-state index in [1.807, 2.05) is 7.05 Å². The van der Waals surface area contributed by atoms with Gasteiger partial charge in [0.2, 0.25) is 0 Å². The Bertz CT molecular complexity index is 367. The van der Waals surface area contributed by atoms with E-state index in [1.165, 1.54) is 0 Å². The Hall–Kier alpha value is -1.23. The Labute approximate surface area is 102 Å². The first kappa shape index (κ1) is 12.8. The summed E-state index contributed by atoms with van der Waals surface area (Å²) >= 11 is 4.99. The fourth-order valence-electron chi connectivity index (χ4n) is 1.48. The average Bonchev–Trinajstić information content (AvgIpc) is 2.28. The molecule has 0 saturated carbocycles. The minimum atomic E-state index is 0.362. The number of nitrogens with zero attached hydrogens (tertiary/aromatic N) is 3. The topological polar surface area (TPSA) is 55.0 Å². The summed E-state index contributed by atoms with van der Waals surface area (Å²) in [6, 6.07) is 1.80. The lowest BCUT2D eigenvalue weighted by Gasteiger charge is -2.22. The number of anilines is 1. The Morgan fingerprint density at radius 1 is 1.62 bits per heavy atom. The fraction of sp³-hybridized carbons (Fsp3) is 0.545. The van der Waals surface area contributed by atoms with Crippen molar-refractivity contribution in [1.29, 1.82) is 0 Å². The highest BCUT2D eigenvalue weighted by Gasteiger charge is 2.13. The van der Waals surface area contributed by atoms with Gasteiger partial charge in [0.05, 0.1) is 11.8 Å². The van der Waals surface area contributed by atoms with Gasteiger partial charge in [-0.1, -0.05) is 32.5 Å². The van der Waals surface area contributed by atoms with Gasteiger partial charge in [-0.3, -0.25) is 0 Å². The molecule has 2 N–H and O–H groups in total. The van der Waals surface area contributed by atoms with Crippen molar-refractivity contribution in [2.24, 2.45) is 11.7 Å². The van der Waals surface area contributed by atoms with Gasteiger partial charge >= 0.3 is 0 Å². The molecule has 1 heterocycles. The molecule has 0 aliphatic rings. The molecular weight excluding hydrogens is 220 g/mol. The van der Waals surface area contributed by atoms with Gasteiger partial charge < -0.3 is 10.6 Å². The van der Waals surface area contributed by atoms with Crippen molar-refractivity contribution >= 4 is 23.0 Å². The molecule has 1 unspecified atom stereocenters. The molecule has 0 saturated heterocycles. The van der Waals surface area contributed by atoms with Gasteiger partial charge in [-0.2, -0.15) is 5.10 Å². The number of aromatic nitrogens is 2. The summed E-state index contributed by atoms with van der Waals surface area (Å²) in [5, 5.41) is 7.97. The Balaban J connectivity index is 2.90. The van der Waals surface area contributed by atoms with Crippen LogP contribution in [0.4, 0.5) is 5.82 Å². The fourth-order valence-corrected chi connectivity index (χ4v) is 1.64. The minimum absolute atomic E-state index is 0.362. The van der Waals surface area contributed by atoms with Gasteiger partial charge in [0.15, 0.2) is 5.82 Å². The first-order valence-electron chi connectivity index (χ1n) is 5.38. The van der Waals surface area contributed by atoms with Crippen LogP contribution in [0.1, 0.15) is 25.8 Å². The summed E-state index contributed by atoms with van der Waals surface area (Å²) in [7, 11) is 1.98. The monoisotopic (exact) mass is 238 g/mol. The van der Waals surface area contributed by atoms with Crippen molar-refractivity contribution < 1.29 is 0 Å². The van der Waals surface area contributed by atoms with Crippen LogP contribution < -0.4 is 10.6 Å². The quantitative estimate of drug-likeness (QED) is 0.790. The molecular formula is C11H18N4S. The van der Waals surface area contributed by atoms with Gasteiger partial charge in [0.1, 0.15) is 4.99 Å². The summed E-state index contributed by atoms with van der Waals surface area (Å²) in [5.74, 6) is 1.36. The molecule has 1 aromatic rings. The smallest absolute Gasteiger partial charge is 0.161 e. The van der Waals surface area contributed by atoms with Crippen LogP contribution in [0.5, 0.6) is 0 Å². The predicted octanol–water partition coefficient (Wildman–Crippen LogP) is 1.59. The van der Waals surface area contributed by atoms with Crippen molar-refractivity contribution in [3.8, 4) is 0 Å². The maximum absolute atomic E-state index is 5.65. The van der Waals surface area contributed by atoms with E-state index in [4.69, 9.17) is 18.0 Å². The molecule has 0 bridgehead atoms. The van der Waals surface area contributed by atoms with Crippen LogP contribution in [-0.4, -0.2) is 28.8 Å². The van der Waals surface area contributed by atoms with Crippen molar-refractivity contribution in [3.05, 3.63) is 17.8 Å². The lowest BCUT2D eigenvalue weighted by molar-refractivity contribution is 0.556. The number of hydrogen-bond donors (Lipinski definition) is 1. The average molecular weight is 238 g/mol. The zero-order valence-corrected chi connectivity index (χ0v) is 10.8. The highest BCUT2D eigenvalue weighted by atomic mass is 32.1. The summed E-state index contributed by atoms with van der Waals surface area (Å²) in [5.41, 5.74) is 6.44. The van der Waals surface area contributed by atoms with E-state index < -0.39 is 0 Å². The predicted molar refractivity (Wildman–Crippen MR) is 70.6 cm³/mol. The van der Waals surface area contributed by atoms with Gasteiger partial charge in [0, 0.05) is 13.6 Å². The standard InChI is InChI=1S/C11H18N4S/c1-4-8(2)7-15(3)11-9(10(12)16)5-6-13-14-11/h5-6,8H,4,7H2,1-3H3,(H2,12,16). The third-order valence-corrected chi connectivity index (χ3v) is 2.83. The minimum Gasteiger partial charge on any atom is -0.389 e. The van der Waals surface area contributed by atoms with Crippen molar-refractivity contribution in [1.82, 2.24) is 10.2 Å². The normalized spacial score (nSPS) is 12.2. The van der Waals surface area contributed by atoms with Crippen LogP contribution in [0.25, 0.3) is 0 Å². The van der Waals surface area contributed by atoms with E-state index in [0.29, 0.717) is 10.9 Å². The van der Waals surface area contributed by atoms with Crippen LogP contribution in [0.15, 0.2) is 12.3 Å². The molecule has 0 radical (unpaired) electrons. The van der Waals surface area contributed by atoms with E-state index in [2.05, 4.69) is 28.9 Å². The molecule has 0 amide bonds. The summed E-state index contributed by atoms with van der Waals surface area (Å²) in [6.07, 6.45) is 2.74. The van der Waals surface area contributed by atoms with Crippen LogP contribution >= 0.6 is 12.2 Å². The molecule has 0 aromatic carbocycles. The Morgan fingerprint density at radius 3 is 2.88 bits per heavy atom. The summed E-state index contributed by atoms with van der Waals surface area (Å²) in [4.78, 5) is 2.41. The Morgan fingerprint density at radius 2 is 2.31 bits per heavy atom. The van der Waals surface area contributed by atoms with E-state index >= 15 is 0 Å². The Kier molecular flexibility index (Phi) is 4.61. The van der Waals surface area contributed by atoms with Crippen molar-refractivity contribution in [2.45, 2.75) is 20.3 Å². The molecule has 1 rings (SSSR count). The highest BCUT2D eigenvalue weighted by molar-refractivity contribution is 7.80. The zero-order chi connectivity index (χ0) is 12.1. The molecule has 1 aromatic heterocycles. The summed E-state index contributed by atoms with van der Waals surface area (Å²) < 4.78 is 0. The van der Waals surface area contributed by atoms with Crippen LogP contribution in [0.2, 0.25) is 0 Å². The largest absolute Gasteiger partial charge is 0.389 e. The van der Waals surface area contributed by atoms with E-state index in [9.17, 15) is 0 Å². The molecule has 4 nitrogen and oxygen atoms in total. The molecule has 88 valence electrons. The first-order chi connectivity index (χ1) is 7.56. The molecule has 0 fully saturated rings. The van der Waals surface area contributed by atoms with E-state index in [-0.39, 0.29) is 0 Å². The van der Waals surface area contributed by atoms with Gasteiger partial charge in [-0.25, -0.2) is 0 Å². The third-order valence-electron chi connectivity index (χ3n) is 2.61. The zero-order valence-electron chi connectivity index (χ0n) is 9.97. The van der Waals surface area contributed by atoms with Crippen LogP contribution in [-0.2, 0) is 0 Å². The molecule has 1 atom stereocenters. The second-order valence-corrected chi connectivity index (χ2v) is 4.47. The number of nitrogens with two attached hydrogens (primary N) is 1. The van der Waals surface area contributed by atoms with Crippen molar-refractivity contribution in [3.63, 3.8) is 0 Å². The second kappa shape index (κ2) is 5.75. The molecule has 0 aliphatic carbocycles. The molecule has 5 heteroatoms. The van der Waals surface area contributed by atoms with Gasteiger partial charge in [-0.15, -0.1) is 5.10 Å². The van der Waals surface area contributed by atoms with Crippen LogP contribution in [0.3, 0.4) is 0 Å². The number of thiocarbonyl (C=S) groups is 1. The molecule has 16 heavy (non-hydrogen) atoms. The molecule has 0 spiro atoms. The lowest BCUT2D eigenvalue weighted by atomic mass is 10.1. The van der Waals surface area contributed by atoms with Gasteiger partial charge in [0.25, 0.3) is 0 Å². The second-order valence-electron chi connectivity index (χ2n) is 4.03. The van der Waals surface area contributed by atoms with E-state index in [1.54, 1.807) is 12.3 Å². The molecule has 0 aliphatic heterocycles. The lowest BCUT2D eigenvalue weighted by Crippen LogP contribution is -2.27.